The molecule has 2 rings (SSSR count). The number of ether oxygens (including phenoxy) is 2. The molecule has 32 heavy (non-hydrogen) atoms. The summed E-state index contributed by atoms with van der Waals surface area (Å²) in [6.07, 6.45) is 5.05. The molecule has 11 heteroatoms. The number of anilines is 2. The lowest BCUT2D eigenvalue weighted by molar-refractivity contribution is -0.119. The topological polar surface area (TPSA) is 140 Å². The van der Waals surface area contributed by atoms with Gasteiger partial charge in [-0.05, 0) is 36.4 Å². The largest absolute Gasteiger partial charge is 0.495 e. The van der Waals surface area contributed by atoms with E-state index >= 15 is 0 Å². The van der Waals surface area contributed by atoms with E-state index in [9.17, 15) is 22.8 Å². The quantitative estimate of drug-likeness (QED) is 0.380. The summed E-state index contributed by atoms with van der Waals surface area (Å²) in [6.45, 7) is 0.496. The van der Waals surface area contributed by atoms with E-state index < -0.39 is 28.5 Å². The number of nitrogens with one attached hydrogen (secondary N) is 3. The SMILES string of the molecule is C#CCNS(=O)(=O)c1cccc(C(=O)OCC(=O)Nc2cc(NC(C)=O)ccc2OC)c1. The number of terminal acetylenes is 1. The summed E-state index contributed by atoms with van der Waals surface area (Å²) in [7, 11) is -2.49. The van der Waals surface area contributed by atoms with Gasteiger partial charge in [-0.15, -0.1) is 6.42 Å². The number of carbonyl (C=O) groups excluding carboxylic acids is 3. The third-order valence-electron chi connectivity index (χ3n) is 3.87. The van der Waals surface area contributed by atoms with Crippen LogP contribution in [-0.4, -0.2) is 46.5 Å². The molecule has 0 spiro atoms. The Balaban J connectivity index is 2.05. The molecular formula is C21H21N3O7S. The molecule has 0 aliphatic carbocycles. The molecule has 2 aromatic carbocycles. The van der Waals surface area contributed by atoms with E-state index in [-0.39, 0.29) is 28.6 Å². The first kappa shape index (κ1) is 24.4. The molecule has 0 heterocycles. The molecule has 0 atom stereocenters. The van der Waals surface area contributed by atoms with Gasteiger partial charge in [-0.25, -0.2) is 13.2 Å². The number of carbonyl (C=O) groups is 3. The molecule has 0 aliphatic heterocycles. The predicted octanol–water partition coefficient (Wildman–Crippen LogP) is 1.36. The molecule has 168 valence electrons. The Morgan fingerprint density at radius 1 is 1.09 bits per heavy atom. The van der Waals surface area contributed by atoms with Crippen molar-refractivity contribution in [3.8, 4) is 18.1 Å². The van der Waals surface area contributed by atoms with E-state index in [2.05, 4.69) is 21.3 Å². The summed E-state index contributed by atoms with van der Waals surface area (Å²) in [5, 5.41) is 5.10. The zero-order chi connectivity index (χ0) is 23.7. The molecule has 0 radical (unpaired) electrons. The molecule has 2 amide bonds. The Kier molecular flexibility index (Phi) is 8.34. The lowest BCUT2D eigenvalue weighted by Crippen LogP contribution is -2.24. The Labute approximate surface area is 185 Å². The van der Waals surface area contributed by atoms with Crippen LogP contribution in [0.25, 0.3) is 0 Å². The summed E-state index contributed by atoms with van der Waals surface area (Å²) in [4.78, 5) is 35.5. The molecule has 0 bridgehead atoms. The van der Waals surface area contributed by atoms with Crippen molar-refractivity contribution in [3.05, 3.63) is 48.0 Å². The fourth-order valence-corrected chi connectivity index (χ4v) is 3.48. The summed E-state index contributed by atoms with van der Waals surface area (Å²) in [5.74, 6) is 0.621. The van der Waals surface area contributed by atoms with Crippen molar-refractivity contribution in [2.24, 2.45) is 0 Å². The molecule has 0 aromatic heterocycles. The number of benzene rings is 2. The Bertz CT molecular complexity index is 1170. The van der Waals surface area contributed by atoms with Crippen molar-refractivity contribution < 1.29 is 32.3 Å². The molecule has 0 saturated heterocycles. The van der Waals surface area contributed by atoms with Gasteiger partial charge in [-0.1, -0.05) is 12.0 Å². The molecule has 2 aromatic rings. The van der Waals surface area contributed by atoms with E-state index in [1.807, 2.05) is 0 Å². The molecule has 10 nitrogen and oxygen atoms in total. The van der Waals surface area contributed by atoms with Crippen LogP contribution in [0.2, 0.25) is 0 Å². The monoisotopic (exact) mass is 459 g/mol. The van der Waals surface area contributed by atoms with Crippen molar-refractivity contribution in [2.75, 3.05) is 30.9 Å². The summed E-state index contributed by atoms with van der Waals surface area (Å²) in [5.41, 5.74) is 0.626. The highest BCUT2D eigenvalue weighted by Gasteiger charge is 2.17. The number of methoxy groups -OCH3 is 1. The maximum atomic E-state index is 12.3. The maximum Gasteiger partial charge on any atom is 0.338 e. The fraction of sp³-hybridized carbons (Fsp3) is 0.190. The standard InChI is InChI=1S/C21H21N3O7S/c1-4-10-22-32(28,29)17-7-5-6-15(11-17)21(27)31-13-20(26)24-18-12-16(23-14(2)25)8-9-19(18)30-3/h1,5-9,11-12,22H,10,13H2,2-3H3,(H,23,25)(H,24,26). The average molecular weight is 459 g/mol. The second-order valence-corrected chi connectivity index (χ2v) is 8.04. The first-order valence-corrected chi connectivity index (χ1v) is 10.6. The lowest BCUT2D eigenvalue weighted by atomic mass is 10.2. The third-order valence-corrected chi connectivity index (χ3v) is 5.27. The second-order valence-electron chi connectivity index (χ2n) is 6.28. The van der Waals surface area contributed by atoms with E-state index in [1.54, 1.807) is 12.1 Å². The van der Waals surface area contributed by atoms with Crippen LogP contribution in [-0.2, 0) is 24.3 Å². The molecule has 0 aliphatic rings. The van der Waals surface area contributed by atoms with Gasteiger partial charge in [0.05, 0.1) is 29.8 Å². The van der Waals surface area contributed by atoms with Gasteiger partial charge in [-0.3, -0.25) is 9.59 Å². The number of hydrogen-bond acceptors (Lipinski definition) is 7. The summed E-state index contributed by atoms with van der Waals surface area (Å²) in [6, 6.07) is 9.73. The van der Waals surface area contributed by atoms with Crippen molar-refractivity contribution in [2.45, 2.75) is 11.8 Å². The van der Waals surface area contributed by atoms with Gasteiger partial charge in [0.15, 0.2) is 6.61 Å². The average Bonchev–Trinajstić information content (AvgIpc) is 2.76. The van der Waals surface area contributed by atoms with Gasteiger partial charge in [-0.2, -0.15) is 4.72 Å². The molecule has 0 fully saturated rings. The highest BCUT2D eigenvalue weighted by atomic mass is 32.2. The molecule has 3 N–H and O–H groups in total. The highest BCUT2D eigenvalue weighted by Crippen LogP contribution is 2.27. The van der Waals surface area contributed by atoms with E-state index in [1.165, 1.54) is 38.3 Å². The zero-order valence-corrected chi connectivity index (χ0v) is 18.1. The van der Waals surface area contributed by atoms with Crippen molar-refractivity contribution in [1.29, 1.82) is 0 Å². The van der Waals surface area contributed by atoms with E-state index in [0.717, 1.165) is 6.07 Å². The number of sulfonamides is 1. The molecule has 0 unspecified atom stereocenters. The van der Waals surface area contributed by atoms with Crippen molar-refractivity contribution in [3.63, 3.8) is 0 Å². The van der Waals surface area contributed by atoms with Crippen molar-refractivity contribution in [1.82, 2.24) is 4.72 Å². The lowest BCUT2D eigenvalue weighted by Gasteiger charge is -2.12. The van der Waals surface area contributed by atoms with Crippen LogP contribution in [0.3, 0.4) is 0 Å². The van der Waals surface area contributed by atoms with Crippen LogP contribution < -0.4 is 20.1 Å². The minimum Gasteiger partial charge on any atom is -0.495 e. The van der Waals surface area contributed by atoms with Crippen LogP contribution >= 0.6 is 0 Å². The summed E-state index contributed by atoms with van der Waals surface area (Å²) < 4.78 is 36.6. The van der Waals surface area contributed by atoms with E-state index in [0.29, 0.717) is 11.4 Å². The first-order chi connectivity index (χ1) is 15.2. The number of rotatable bonds is 9. The van der Waals surface area contributed by atoms with Gasteiger partial charge >= 0.3 is 5.97 Å². The first-order valence-electron chi connectivity index (χ1n) is 9.12. The Morgan fingerprint density at radius 3 is 2.50 bits per heavy atom. The van der Waals surface area contributed by atoms with Gasteiger partial charge < -0.3 is 20.1 Å². The van der Waals surface area contributed by atoms with Gasteiger partial charge in [0, 0.05) is 12.6 Å². The minimum atomic E-state index is -3.89. The fourth-order valence-electron chi connectivity index (χ4n) is 2.50. The molecular weight excluding hydrogens is 438 g/mol. The van der Waals surface area contributed by atoms with Crippen LogP contribution in [0.4, 0.5) is 11.4 Å². The predicted molar refractivity (Wildman–Crippen MR) is 117 cm³/mol. The number of amides is 2. The van der Waals surface area contributed by atoms with Crippen molar-refractivity contribution >= 4 is 39.2 Å². The van der Waals surface area contributed by atoms with Crippen LogP contribution in [0.5, 0.6) is 5.75 Å². The Morgan fingerprint density at radius 2 is 1.84 bits per heavy atom. The maximum absolute atomic E-state index is 12.3. The van der Waals surface area contributed by atoms with Crippen LogP contribution in [0.1, 0.15) is 17.3 Å². The second kappa shape index (κ2) is 10.9. The number of esters is 1. The van der Waals surface area contributed by atoms with Gasteiger partial charge in [0.25, 0.3) is 5.91 Å². The summed E-state index contributed by atoms with van der Waals surface area (Å²) >= 11 is 0. The van der Waals surface area contributed by atoms with Gasteiger partial charge in [0.1, 0.15) is 5.75 Å². The molecule has 0 saturated carbocycles. The minimum absolute atomic E-state index is 0.0633. The Hall–Kier alpha value is -3.88. The van der Waals surface area contributed by atoms with Gasteiger partial charge in [0.2, 0.25) is 15.9 Å². The van der Waals surface area contributed by atoms with Crippen LogP contribution in [0.15, 0.2) is 47.4 Å². The van der Waals surface area contributed by atoms with E-state index in [4.69, 9.17) is 15.9 Å². The number of hydrogen-bond donors (Lipinski definition) is 3. The normalized spacial score (nSPS) is 10.5. The zero-order valence-electron chi connectivity index (χ0n) is 17.3. The van der Waals surface area contributed by atoms with Crippen LogP contribution in [0, 0.1) is 12.3 Å². The third kappa shape index (κ3) is 6.83. The highest BCUT2D eigenvalue weighted by molar-refractivity contribution is 7.89. The smallest absolute Gasteiger partial charge is 0.338 e.